The minimum absolute atomic E-state index is 0.0799. The van der Waals surface area contributed by atoms with Crippen molar-refractivity contribution in [3.05, 3.63) is 65.2 Å². The van der Waals surface area contributed by atoms with Crippen molar-refractivity contribution in [1.82, 2.24) is 9.80 Å². The van der Waals surface area contributed by atoms with Crippen LogP contribution in [-0.4, -0.2) is 41.9 Å². The van der Waals surface area contributed by atoms with Gasteiger partial charge in [0.1, 0.15) is 11.6 Å². The summed E-state index contributed by atoms with van der Waals surface area (Å²) < 4.78 is 27.4. The molecule has 2 aromatic carbocycles. The van der Waals surface area contributed by atoms with Gasteiger partial charge in [0.2, 0.25) is 0 Å². The molecule has 2 aromatic rings. The second kappa shape index (κ2) is 7.83. The Morgan fingerprint density at radius 3 is 2.42 bits per heavy atom. The van der Waals surface area contributed by atoms with E-state index in [9.17, 15) is 13.6 Å². The Balaban J connectivity index is 1.69. The number of carbonyl (C=O) groups excluding carboxylic acids is 1. The Hall–Kier alpha value is -2.47. The fraction of sp³-hybridized carbons (Fsp3) is 0.350. The third-order valence-electron chi connectivity index (χ3n) is 4.94. The van der Waals surface area contributed by atoms with Crippen molar-refractivity contribution in [2.75, 3.05) is 31.9 Å². The van der Waals surface area contributed by atoms with Gasteiger partial charge in [-0.3, -0.25) is 9.69 Å². The van der Waals surface area contributed by atoms with Gasteiger partial charge in [0, 0.05) is 49.5 Å². The average Bonchev–Trinajstić information content (AvgIpc) is 2.64. The summed E-state index contributed by atoms with van der Waals surface area (Å²) in [6.45, 7) is 4.34. The zero-order valence-electron chi connectivity index (χ0n) is 14.8. The lowest BCUT2D eigenvalue weighted by Crippen LogP contribution is -2.49. The molecule has 0 aliphatic carbocycles. The van der Waals surface area contributed by atoms with E-state index in [0.717, 1.165) is 6.07 Å². The number of anilines is 1. The zero-order valence-corrected chi connectivity index (χ0v) is 14.8. The first-order valence-corrected chi connectivity index (χ1v) is 8.84. The van der Waals surface area contributed by atoms with Crippen molar-refractivity contribution in [2.45, 2.75) is 19.4 Å². The van der Waals surface area contributed by atoms with Gasteiger partial charge in [-0.1, -0.05) is 25.1 Å². The van der Waals surface area contributed by atoms with Gasteiger partial charge in [-0.05, 0) is 24.6 Å². The fourth-order valence-corrected chi connectivity index (χ4v) is 3.55. The minimum Gasteiger partial charge on any atom is -0.398 e. The molecule has 1 amide bonds. The average molecular weight is 359 g/mol. The van der Waals surface area contributed by atoms with Crippen LogP contribution in [0.5, 0.6) is 0 Å². The normalized spacial score (nSPS) is 16.5. The van der Waals surface area contributed by atoms with Crippen molar-refractivity contribution in [3.8, 4) is 0 Å². The molecule has 0 radical (unpaired) electrons. The number of rotatable bonds is 4. The van der Waals surface area contributed by atoms with Gasteiger partial charge in [-0.2, -0.15) is 0 Å². The highest BCUT2D eigenvalue weighted by atomic mass is 19.1. The van der Waals surface area contributed by atoms with Gasteiger partial charge < -0.3 is 10.6 Å². The molecule has 3 rings (SSSR count). The Labute approximate surface area is 152 Å². The van der Waals surface area contributed by atoms with E-state index < -0.39 is 11.6 Å². The van der Waals surface area contributed by atoms with Crippen LogP contribution in [0.3, 0.4) is 0 Å². The number of amides is 1. The van der Waals surface area contributed by atoms with Crippen LogP contribution in [0.1, 0.15) is 35.3 Å². The Bertz CT molecular complexity index is 788. The molecule has 1 unspecified atom stereocenters. The largest absolute Gasteiger partial charge is 0.398 e. The Kier molecular flexibility index (Phi) is 5.52. The number of carbonyl (C=O) groups is 1. The molecule has 0 bridgehead atoms. The zero-order chi connectivity index (χ0) is 18.7. The van der Waals surface area contributed by atoms with Crippen LogP contribution in [-0.2, 0) is 0 Å². The summed E-state index contributed by atoms with van der Waals surface area (Å²) in [5.74, 6) is -1.17. The number of hydrogen-bond donors (Lipinski definition) is 1. The molecule has 6 heteroatoms. The van der Waals surface area contributed by atoms with Crippen molar-refractivity contribution >= 4 is 11.6 Å². The van der Waals surface area contributed by atoms with Crippen LogP contribution in [0.4, 0.5) is 14.5 Å². The summed E-state index contributed by atoms with van der Waals surface area (Å²) in [6.07, 6.45) is 0.710. The number of benzene rings is 2. The second-order valence-electron chi connectivity index (χ2n) is 6.51. The minimum atomic E-state index is -0.572. The predicted molar refractivity (Wildman–Crippen MR) is 97.7 cm³/mol. The van der Waals surface area contributed by atoms with E-state index in [1.165, 1.54) is 12.1 Å². The number of halogens is 2. The highest BCUT2D eigenvalue weighted by molar-refractivity contribution is 5.99. The quantitative estimate of drug-likeness (QED) is 0.851. The molecule has 138 valence electrons. The Morgan fingerprint density at radius 1 is 1.12 bits per heavy atom. The van der Waals surface area contributed by atoms with Crippen LogP contribution in [0.15, 0.2) is 42.5 Å². The molecule has 0 aromatic heterocycles. The molecule has 1 aliphatic heterocycles. The van der Waals surface area contributed by atoms with E-state index in [1.807, 2.05) is 6.92 Å². The third-order valence-corrected chi connectivity index (χ3v) is 4.94. The van der Waals surface area contributed by atoms with E-state index >= 15 is 0 Å². The summed E-state index contributed by atoms with van der Waals surface area (Å²) in [7, 11) is 0. The summed E-state index contributed by atoms with van der Waals surface area (Å²) >= 11 is 0. The second-order valence-corrected chi connectivity index (χ2v) is 6.51. The first-order valence-electron chi connectivity index (χ1n) is 8.84. The summed E-state index contributed by atoms with van der Waals surface area (Å²) in [6, 6.07) is 10.6. The topological polar surface area (TPSA) is 49.6 Å². The number of nitrogens with zero attached hydrogens (tertiary/aromatic N) is 2. The summed E-state index contributed by atoms with van der Waals surface area (Å²) in [5.41, 5.74) is 7.38. The Morgan fingerprint density at radius 2 is 1.81 bits per heavy atom. The molecule has 1 aliphatic rings. The number of nitrogens with two attached hydrogens (primary N) is 1. The standard InChI is InChI=1S/C20H23F2N3O/c1-2-19(15-8-7-14(21)13-17(15)22)24-9-11-25(12-10-24)20(26)16-5-3-4-6-18(16)23/h3-8,13,19H,2,9-12,23H2,1H3. The van der Waals surface area contributed by atoms with Gasteiger partial charge in [-0.15, -0.1) is 0 Å². The first kappa shape index (κ1) is 18.3. The lowest BCUT2D eigenvalue weighted by molar-refractivity contribution is 0.0559. The maximum Gasteiger partial charge on any atom is 0.256 e. The summed E-state index contributed by atoms with van der Waals surface area (Å²) in [4.78, 5) is 16.6. The summed E-state index contributed by atoms with van der Waals surface area (Å²) in [5, 5.41) is 0. The van der Waals surface area contributed by atoms with Crippen molar-refractivity contribution in [3.63, 3.8) is 0 Å². The van der Waals surface area contributed by atoms with Crippen LogP contribution >= 0.6 is 0 Å². The molecule has 1 saturated heterocycles. The van der Waals surface area contributed by atoms with Crippen LogP contribution in [0.25, 0.3) is 0 Å². The fourth-order valence-electron chi connectivity index (χ4n) is 3.55. The van der Waals surface area contributed by atoms with Gasteiger partial charge in [0.05, 0.1) is 5.56 Å². The van der Waals surface area contributed by atoms with Crippen LogP contribution in [0, 0.1) is 11.6 Å². The molecule has 2 N–H and O–H groups in total. The molecular weight excluding hydrogens is 336 g/mol. The molecule has 1 fully saturated rings. The van der Waals surface area contributed by atoms with E-state index in [4.69, 9.17) is 5.73 Å². The molecular formula is C20H23F2N3O. The van der Waals surface area contributed by atoms with Crippen LogP contribution in [0.2, 0.25) is 0 Å². The number of para-hydroxylation sites is 1. The van der Waals surface area contributed by atoms with E-state index in [2.05, 4.69) is 4.90 Å². The van der Waals surface area contributed by atoms with Crippen molar-refractivity contribution in [2.24, 2.45) is 0 Å². The van der Waals surface area contributed by atoms with Gasteiger partial charge >= 0.3 is 0 Å². The van der Waals surface area contributed by atoms with Gasteiger partial charge in [-0.25, -0.2) is 8.78 Å². The molecule has 4 nitrogen and oxygen atoms in total. The number of hydrogen-bond acceptors (Lipinski definition) is 3. The van der Waals surface area contributed by atoms with Gasteiger partial charge in [0.25, 0.3) is 5.91 Å². The van der Waals surface area contributed by atoms with Gasteiger partial charge in [0.15, 0.2) is 0 Å². The number of nitrogen functional groups attached to an aromatic ring is 1. The van der Waals surface area contributed by atoms with Crippen molar-refractivity contribution < 1.29 is 13.6 Å². The molecule has 1 atom stereocenters. The molecule has 0 spiro atoms. The monoisotopic (exact) mass is 359 g/mol. The van der Waals surface area contributed by atoms with E-state index in [-0.39, 0.29) is 11.9 Å². The highest BCUT2D eigenvalue weighted by Crippen LogP contribution is 2.28. The smallest absolute Gasteiger partial charge is 0.256 e. The molecule has 0 saturated carbocycles. The highest BCUT2D eigenvalue weighted by Gasteiger charge is 2.28. The van der Waals surface area contributed by atoms with E-state index in [0.29, 0.717) is 49.4 Å². The van der Waals surface area contributed by atoms with Crippen molar-refractivity contribution in [1.29, 1.82) is 0 Å². The number of piperazine rings is 1. The maximum absolute atomic E-state index is 14.2. The van der Waals surface area contributed by atoms with Crippen LogP contribution < -0.4 is 5.73 Å². The SMILES string of the molecule is CCC(c1ccc(F)cc1F)N1CCN(C(=O)c2ccccc2N)CC1. The maximum atomic E-state index is 14.2. The lowest BCUT2D eigenvalue weighted by atomic mass is 10.0. The first-order chi connectivity index (χ1) is 12.5. The van der Waals surface area contributed by atoms with E-state index in [1.54, 1.807) is 29.2 Å². The predicted octanol–water partition coefficient (Wildman–Crippen LogP) is 3.46. The molecule has 26 heavy (non-hydrogen) atoms. The third kappa shape index (κ3) is 3.70. The molecule has 1 heterocycles. The lowest BCUT2D eigenvalue weighted by Gasteiger charge is -2.39.